The van der Waals surface area contributed by atoms with Crippen LogP contribution in [0.3, 0.4) is 0 Å². The molecule has 0 saturated carbocycles. The maximum Gasteiger partial charge on any atom is 0.258 e. The lowest BCUT2D eigenvalue weighted by Crippen LogP contribution is -2.35. The van der Waals surface area contributed by atoms with Crippen LogP contribution >= 0.6 is 11.3 Å². The van der Waals surface area contributed by atoms with E-state index in [0.29, 0.717) is 10.7 Å². The Morgan fingerprint density at radius 2 is 1.91 bits per heavy atom. The summed E-state index contributed by atoms with van der Waals surface area (Å²) < 4.78 is 5.41. The van der Waals surface area contributed by atoms with Crippen molar-refractivity contribution >= 4 is 33.3 Å². The van der Waals surface area contributed by atoms with E-state index < -0.39 is 0 Å². The zero-order valence-corrected chi connectivity index (χ0v) is 19.6. The van der Waals surface area contributed by atoms with Gasteiger partial charge < -0.3 is 4.74 Å². The van der Waals surface area contributed by atoms with Crippen molar-refractivity contribution in [1.29, 1.82) is 0 Å². The monoisotopic (exact) mass is 458 g/mol. The molecule has 1 N–H and O–H groups in total. The van der Waals surface area contributed by atoms with Crippen LogP contribution in [-0.2, 0) is 11.3 Å². The minimum absolute atomic E-state index is 0.174. The third-order valence-electron chi connectivity index (χ3n) is 5.88. The summed E-state index contributed by atoms with van der Waals surface area (Å²) in [6.45, 7) is 8.24. The number of hydrogen-bond donors (Lipinski definition) is 1. The van der Waals surface area contributed by atoms with Crippen LogP contribution in [0.25, 0.3) is 22.2 Å². The number of carbonyl (C=O) groups excluding carboxylic acids is 1. The second-order valence-electron chi connectivity index (χ2n) is 8.38. The lowest BCUT2D eigenvalue weighted by molar-refractivity contribution is 0.0337. The molecule has 1 aliphatic rings. The summed E-state index contributed by atoms with van der Waals surface area (Å²) in [7, 11) is 0. The summed E-state index contributed by atoms with van der Waals surface area (Å²) in [5.74, 6) is -0.174. The van der Waals surface area contributed by atoms with E-state index in [-0.39, 0.29) is 5.91 Å². The highest BCUT2D eigenvalue weighted by Crippen LogP contribution is 2.28. The van der Waals surface area contributed by atoms with Crippen molar-refractivity contribution < 1.29 is 9.53 Å². The summed E-state index contributed by atoms with van der Waals surface area (Å²) >= 11 is 1.45. The molecular weight excluding hydrogens is 432 g/mol. The number of hydrogen-bond acceptors (Lipinski definition) is 6. The first-order valence-corrected chi connectivity index (χ1v) is 12.0. The standard InChI is InChI=1S/C26H26N4O2S/c1-17-7-8-20(18(2)13-17)24-14-22(21-5-3-4-6-23(21)28-24)25(31)29-26-27-19(16-33-26)15-30-9-11-32-12-10-30/h3-8,13-14,16H,9-12,15H2,1-2H3,(H,27,29,31). The molecule has 0 aliphatic carbocycles. The maximum atomic E-state index is 13.4. The van der Waals surface area contributed by atoms with Crippen LogP contribution in [-0.4, -0.2) is 47.1 Å². The SMILES string of the molecule is Cc1ccc(-c2cc(C(=O)Nc3nc(CN4CCOCC4)cs3)c3ccccc3n2)c(C)c1. The first-order valence-electron chi connectivity index (χ1n) is 11.1. The largest absolute Gasteiger partial charge is 0.379 e. The molecular formula is C26H26N4O2S. The first-order chi connectivity index (χ1) is 16.1. The van der Waals surface area contributed by atoms with Gasteiger partial charge in [-0.2, -0.15) is 0 Å². The molecule has 0 bridgehead atoms. The van der Waals surface area contributed by atoms with Crippen LogP contribution in [0.2, 0.25) is 0 Å². The Kier molecular flexibility index (Phi) is 6.17. The van der Waals surface area contributed by atoms with Gasteiger partial charge >= 0.3 is 0 Å². The topological polar surface area (TPSA) is 67.4 Å². The number of fused-ring (bicyclic) bond motifs is 1. The van der Waals surface area contributed by atoms with Gasteiger partial charge in [0.2, 0.25) is 0 Å². The van der Waals surface area contributed by atoms with Crippen molar-refractivity contribution in [3.63, 3.8) is 0 Å². The highest BCUT2D eigenvalue weighted by atomic mass is 32.1. The summed E-state index contributed by atoms with van der Waals surface area (Å²) in [5, 5.41) is 6.45. The lowest BCUT2D eigenvalue weighted by atomic mass is 9.99. The number of aryl methyl sites for hydroxylation is 2. The van der Waals surface area contributed by atoms with Crippen LogP contribution < -0.4 is 5.32 Å². The highest BCUT2D eigenvalue weighted by Gasteiger charge is 2.17. The number of nitrogens with one attached hydrogen (secondary N) is 1. The number of carbonyl (C=O) groups is 1. The second-order valence-corrected chi connectivity index (χ2v) is 9.24. The molecule has 2 aromatic heterocycles. The predicted molar refractivity (Wildman–Crippen MR) is 133 cm³/mol. The molecule has 2 aromatic carbocycles. The smallest absolute Gasteiger partial charge is 0.258 e. The minimum Gasteiger partial charge on any atom is -0.379 e. The molecule has 5 rings (SSSR count). The Morgan fingerprint density at radius 1 is 1.09 bits per heavy atom. The number of nitrogens with zero attached hydrogens (tertiary/aromatic N) is 3. The van der Waals surface area contributed by atoms with Crippen LogP contribution in [0.15, 0.2) is 53.9 Å². The number of aromatic nitrogens is 2. The van der Waals surface area contributed by atoms with Crippen LogP contribution in [0.4, 0.5) is 5.13 Å². The Hall–Kier alpha value is -3.13. The average Bonchev–Trinajstić information content (AvgIpc) is 3.25. The molecule has 1 aliphatic heterocycles. The molecule has 168 valence electrons. The van der Waals surface area contributed by atoms with Gasteiger partial charge in [-0.3, -0.25) is 15.0 Å². The number of pyridine rings is 1. The van der Waals surface area contributed by atoms with Crippen molar-refractivity contribution in [2.45, 2.75) is 20.4 Å². The number of rotatable bonds is 5. The second kappa shape index (κ2) is 9.39. The van der Waals surface area contributed by atoms with E-state index in [4.69, 9.17) is 9.72 Å². The van der Waals surface area contributed by atoms with E-state index in [1.54, 1.807) is 0 Å². The number of anilines is 1. The van der Waals surface area contributed by atoms with E-state index in [1.807, 2.05) is 35.7 Å². The van der Waals surface area contributed by atoms with Crippen LogP contribution in [0.1, 0.15) is 27.2 Å². The number of ether oxygens (including phenoxy) is 1. The van der Waals surface area contributed by atoms with Gasteiger partial charge in [0.05, 0.1) is 35.7 Å². The van der Waals surface area contributed by atoms with Crippen molar-refractivity contribution in [2.75, 3.05) is 31.6 Å². The zero-order valence-electron chi connectivity index (χ0n) is 18.8. The summed E-state index contributed by atoms with van der Waals surface area (Å²) in [5.41, 5.74) is 6.52. The molecule has 7 heteroatoms. The van der Waals surface area contributed by atoms with Gasteiger partial charge in [-0.25, -0.2) is 9.97 Å². The predicted octanol–water partition coefficient (Wildman–Crippen LogP) is 5.06. The summed E-state index contributed by atoms with van der Waals surface area (Å²) in [6, 6.07) is 15.9. The molecule has 6 nitrogen and oxygen atoms in total. The van der Waals surface area contributed by atoms with Crippen molar-refractivity contribution in [3.05, 3.63) is 76.3 Å². The first kappa shape index (κ1) is 21.7. The van der Waals surface area contributed by atoms with E-state index in [2.05, 4.69) is 47.2 Å². The number of amides is 1. The summed E-state index contributed by atoms with van der Waals surface area (Å²) in [6.07, 6.45) is 0. The van der Waals surface area contributed by atoms with Gasteiger partial charge in [-0.15, -0.1) is 11.3 Å². The van der Waals surface area contributed by atoms with Crippen molar-refractivity contribution in [2.24, 2.45) is 0 Å². The fraction of sp³-hybridized carbons (Fsp3) is 0.269. The van der Waals surface area contributed by atoms with E-state index in [0.717, 1.165) is 66.3 Å². The molecule has 1 fully saturated rings. The van der Waals surface area contributed by atoms with E-state index in [1.165, 1.54) is 16.9 Å². The number of benzene rings is 2. The van der Waals surface area contributed by atoms with Gasteiger partial charge in [0.25, 0.3) is 5.91 Å². The number of morpholine rings is 1. The Labute approximate surface area is 197 Å². The molecule has 4 aromatic rings. The van der Waals surface area contributed by atoms with E-state index >= 15 is 0 Å². The molecule has 1 saturated heterocycles. The molecule has 0 spiro atoms. The Balaban J connectivity index is 1.43. The molecule has 3 heterocycles. The van der Waals surface area contributed by atoms with Crippen molar-refractivity contribution in [1.82, 2.24) is 14.9 Å². The third kappa shape index (κ3) is 4.80. The lowest BCUT2D eigenvalue weighted by Gasteiger charge is -2.25. The minimum atomic E-state index is -0.174. The van der Waals surface area contributed by atoms with Gasteiger partial charge in [0.1, 0.15) is 0 Å². The summed E-state index contributed by atoms with van der Waals surface area (Å²) in [4.78, 5) is 25.2. The molecule has 0 radical (unpaired) electrons. The highest BCUT2D eigenvalue weighted by molar-refractivity contribution is 7.14. The van der Waals surface area contributed by atoms with Gasteiger partial charge in [0, 0.05) is 36.0 Å². The number of thiazole rings is 1. The van der Waals surface area contributed by atoms with Crippen molar-refractivity contribution in [3.8, 4) is 11.3 Å². The normalized spacial score (nSPS) is 14.5. The number of para-hydroxylation sites is 1. The molecule has 0 atom stereocenters. The quantitative estimate of drug-likeness (QED) is 0.453. The molecule has 1 amide bonds. The fourth-order valence-corrected chi connectivity index (χ4v) is 4.89. The van der Waals surface area contributed by atoms with Crippen LogP contribution in [0.5, 0.6) is 0 Å². The Bertz CT molecular complexity index is 1310. The third-order valence-corrected chi connectivity index (χ3v) is 6.69. The average molecular weight is 459 g/mol. The van der Waals surface area contributed by atoms with Gasteiger partial charge in [-0.05, 0) is 31.5 Å². The zero-order chi connectivity index (χ0) is 22.8. The molecule has 0 unspecified atom stereocenters. The van der Waals surface area contributed by atoms with Gasteiger partial charge in [-0.1, -0.05) is 42.0 Å². The maximum absolute atomic E-state index is 13.4. The Morgan fingerprint density at radius 3 is 2.73 bits per heavy atom. The fourth-order valence-electron chi connectivity index (χ4n) is 4.19. The van der Waals surface area contributed by atoms with Crippen LogP contribution in [0, 0.1) is 13.8 Å². The van der Waals surface area contributed by atoms with E-state index in [9.17, 15) is 4.79 Å². The molecule has 33 heavy (non-hydrogen) atoms. The van der Waals surface area contributed by atoms with Gasteiger partial charge in [0.15, 0.2) is 5.13 Å².